The van der Waals surface area contributed by atoms with Crippen molar-refractivity contribution in [3.63, 3.8) is 0 Å². The maximum atomic E-state index is 12.5. The SMILES string of the molecule is Cc1ccn2c(=O)cc(Cn3ncc4ccccc4c3=O)nc2c1. The van der Waals surface area contributed by atoms with Crippen molar-refractivity contribution >= 4 is 16.4 Å². The Hall–Kier alpha value is -3.28. The van der Waals surface area contributed by atoms with Crippen molar-refractivity contribution in [2.24, 2.45) is 0 Å². The van der Waals surface area contributed by atoms with Gasteiger partial charge in [0.25, 0.3) is 11.1 Å². The van der Waals surface area contributed by atoms with E-state index in [0.717, 1.165) is 10.9 Å². The van der Waals surface area contributed by atoms with E-state index in [1.165, 1.54) is 15.1 Å². The summed E-state index contributed by atoms with van der Waals surface area (Å²) in [6.45, 7) is 2.09. The molecular formula is C18H14N4O2. The van der Waals surface area contributed by atoms with Crippen LogP contribution in [0.1, 0.15) is 11.3 Å². The Morgan fingerprint density at radius 3 is 2.79 bits per heavy atom. The maximum absolute atomic E-state index is 12.5. The van der Waals surface area contributed by atoms with E-state index < -0.39 is 0 Å². The van der Waals surface area contributed by atoms with Crippen LogP contribution in [0.3, 0.4) is 0 Å². The van der Waals surface area contributed by atoms with Gasteiger partial charge < -0.3 is 0 Å². The fraction of sp³-hybridized carbons (Fsp3) is 0.111. The lowest BCUT2D eigenvalue weighted by atomic mass is 10.2. The first kappa shape index (κ1) is 14.3. The topological polar surface area (TPSA) is 69.3 Å². The summed E-state index contributed by atoms with van der Waals surface area (Å²) in [4.78, 5) is 29.2. The third-order valence-electron chi connectivity index (χ3n) is 3.95. The molecule has 0 saturated carbocycles. The molecular weight excluding hydrogens is 304 g/mol. The second-order valence-electron chi connectivity index (χ2n) is 5.71. The van der Waals surface area contributed by atoms with Gasteiger partial charge in [-0.25, -0.2) is 9.67 Å². The molecule has 0 bridgehead atoms. The van der Waals surface area contributed by atoms with E-state index in [4.69, 9.17) is 0 Å². The smallest absolute Gasteiger partial charge is 0.269 e. The maximum Gasteiger partial charge on any atom is 0.274 e. The summed E-state index contributed by atoms with van der Waals surface area (Å²) in [5, 5.41) is 5.57. The van der Waals surface area contributed by atoms with Crippen LogP contribution in [0.2, 0.25) is 0 Å². The molecule has 0 amide bonds. The second-order valence-corrected chi connectivity index (χ2v) is 5.71. The first-order valence-corrected chi connectivity index (χ1v) is 7.56. The average molecular weight is 318 g/mol. The van der Waals surface area contributed by atoms with E-state index >= 15 is 0 Å². The van der Waals surface area contributed by atoms with Crippen LogP contribution in [-0.4, -0.2) is 19.2 Å². The Bertz CT molecular complexity index is 1190. The van der Waals surface area contributed by atoms with Crippen LogP contribution in [0.5, 0.6) is 0 Å². The van der Waals surface area contributed by atoms with Crippen LogP contribution in [-0.2, 0) is 6.54 Å². The molecule has 118 valence electrons. The number of nitrogens with zero attached hydrogens (tertiary/aromatic N) is 4. The van der Waals surface area contributed by atoms with Gasteiger partial charge in [0.15, 0.2) is 0 Å². The minimum absolute atomic E-state index is 0.156. The highest BCUT2D eigenvalue weighted by atomic mass is 16.1. The van der Waals surface area contributed by atoms with Crippen molar-refractivity contribution < 1.29 is 0 Å². The van der Waals surface area contributed by atoms with Crippen molar-refractivity contribution in [3.8, 4) is 0 Å². The van der Waals surface area contributed by atoms with Crippen LogP contribution in [0.25, 0.3) is 16.4 Å². The number of fused-ring (bicyclic) bond motifs is 2. The second kappa shape index (κ2) is 5.42. The summed E-state index contributed by atoms with van der Waals surface area (Å²) in [6.07, 6.45) is 3.35. The molecule has 4 rings (SSSR count). The molecule has 0 spiro atoms. The average Bonchev–Trinajstić information content (AvgIpc) is 2.57. The molecule has 0 radical (unpaired) electrons. The van der Waals surface area contributed by atoms with Crippen LogP contribution >= 0.6 is 0 Å². The van der Waals surface area contributed by atoms with Gasteiger partial charge in [-0.05, 0) is 30.7 Å². The molecule has 6 nitrogen and oxygen atoms in total. The van der Waals surface area contributed by atoms with Crippen molar-refractivity contribution in [2.45, 2.75) is 13.5 Å². The fourth-order valence-corrected chi connectivity index (χ4v) is 2.73. The molecule has 6 heteroatoms. The van der Waals surface area contributed by atoms with Crippen molar-refractivity contribution in [2.75, 3.05) is 0 Å². The molecule has 0 saturated heterocycles. The van der Waals surface area contributed by atoms with Crippen LogP contribution in [0, 0.1) is 6.92 Å². The summed E-state index contributed by atoms with van der Waals surface area (Å²) < 4.78 is 2.81. The molecule has 0 aliphatic carbocycles. The molecule has 3 heterocycles. The van der Waals surface area contributed by atoms with Crippen LogP contribution < -0.4 is 11.1 Å². The molecule has 0 aliphatic rings. The number of rotatable bonds is 2. The lowest BCUT2D eigenvalue weighted by molar-refractivity contribution is 0.634. The van der Waals surface area contributed by atoms with Gasteiger partial charge in [0.1, 0.15) is 5.65 Å². The van der Waals surface area contributed by atoms with Crippen molar-refractivity contribution in [3.05, 3.63) is 86.8 Å². The zero-order valence-corrected chi connectivity index (χ0v) is 13.0. The van der Waals surface area contributed by atoms with Crippen molar-refractivity contribution in [1.29, 1.82) is 0 Å². The molecule has 1 aromatic carbocycles. The zero-order valence-electron chi connectivity index (χ0n) is 13.0. The summed E-state index contributed by atoms with van der Waals surface area (Å²) in [5.41, 5.74) is 1.71. The predicted octanol–water partition coefficient (Wildman–Crippen LogP) is 1.76. The largest absolute Gasteiger partial charge is 0.274 e. The number of aromatic nitrogens is 4. The first-order valence-electron chi connectivity index (χ1n) is 7.56. The van der Waals surface area contributed by atoms with E-state index in [2.05, 4.69) is 10.1 Å². The molecule has 0 unspecified atom stereocenters. The lowest BCUT2D eigenvalue weighted by Crippen LogP contribution is -2.25. The molecule has 24 heavy (non-hydrogen) atoms. The van der Waals surface area contributed by atoms with E-state index in [1.807, 2.05) is 37.3 Å². The van der Waals surface area contributed by atoms with Gasteiger partial charge in [-0.3, -0.25) is 14.0 Å². The third-order valence-corrected chi connectivity index (χ3v) is 3.95. The molecule has 0 atom stereocenters. The highest BCUT2D eigenvalue weighted by molar-refractivity contribution is 5.80. The minimum atomic E-state index is -0.195. The van der Waals surface area contributed by atoms with Gasteiger partial charge in [-0.2, -0.15) is 5.10 Å². The van der Waals surface area contributed by atoms with Gasteiger partial charge in [-0.1, -0.05) is 18.2 Å². The molecule has 4 aromatic rings. The van der Waals surface area contributed by atoms with Crippen molar-refractivity contribution in [1.82, 2.24) is 19.2 Å². The van der Waals surface area contributed by atoms with Gasteiger partial charge >= 0.3 is 0 Å². The number of benzene rings is 1. The Labute approximate surface area is 136 Å². The molecule has 0 N–H and O–H groups in total. The summed E-state index contributed by atoms with van der Waals surface area (Å²) in [5.74, 6) is 0. The fourth-order valence-electron chi connectivity index (χ4n) is 2.73. The number of hydrogen-bond acceptors (Lipinski definition) is 4. The Morgan fingerprint density at radius 2 is 1.92 bits per heavy atom. The zero-order chi connectivity index (χ0) is 16.7. The predicted molar refractivity (Wildman–Crippen MR) is 91.3 cm³/mol. The van der Waals surface area contributed by atoms with Crippen LogP contribution in [0.15, 0.2) is 64.4 Å². The Kier molecular flexibility index (Phi) is 3.23. The number of aryl methyl sites for hydroxylation is 1. The summed E-state index contributed by atoms with van der Waals surface area (Å²) in [6, 6.07) is 12.4. The normalized spacial score (nSPS) is 11.2. The lowest BCUT2D eigenvalue weighted by Gasteiger charge is -2.07. The van der Waals surface area contributed by atoms with Gasteiger partial charge in [0, 0.05) is 17.6 Å². The quantitative estimate of drug-likeness (QED) is 0.565. The van der Waals surface area contributed by atoms with Gasteiger partial charge in [0.2, 0.25) is 0 Å². The van der Waals surface area contributed by atoms with E-state index in [9.17, 15) is 9.59 Å². The van der Waals surface area contributed by atoms with E-state index in [-0.39, 0.29) is 17.7 Å². The third kappa shape index (κ3) is 2.38. The van der Waals surface area contributed by atoms with E-state index in [0.29, 0.717) is 16.7 Å². The summed E-state index contributed by atoms with van der Waals surface area (Å²) >= 11 is 0. The molecule has 3 aromatic heterocycles. The minimum Gasteiger partial charge on any atom is -0.269 e. The van der Waals surface area contributed by atoms with Crippen LogP contribution in [0.4, 0.5) is 0 Å². The van der Waals surface area contributed by atoms with E-state index in [1.54, 1.807) is 18.5 Å². The van der Waals surface area contributed by atoms with Gasteiger partial charge in [0.05, 0.1) is 23.8 Å². The Morgan fingerprint density at radius 1 is 1.08 bits per heavy atom. The number of hydrogen-bond donors (Lipinski definition) is 0. The highest BCUT2D eigenvalue weighted by Crippen LogP contribution is 2.07. The summed E-state index contributed by atoms with van der Waals surface area (Å²) in [7, 11) is 0. The Balaban J connectivity index is 1.84. The standard InChI is InChI=1S/C18H14N4O2/c1-12-6-7-21-16(8-12)20-14(9-17(21)23)11-22-18(24)15-5-3-2-4-13(15)10-19-22/h2-10H,11H2,1H3. The molecule has 0 fully saturated rings. The molecule has 0 aliphatic heterocycles. The highest BCUT2D eigenvalue weighted by Gasteiger charge is 2.07. The first-order chi connectivity index (χ1) is 11.6. The number of pyridine rings is 1. The monoisotopic (exact) mass is 318 g/mol. The van der Waals surface area contributed by atoms with Gasteiger partial charge in [-0.15, -0.1) is 0 Å².